The third-order valence-electron chi connectivity index (χ3n) is 2.08. The summed E-state index contributed by atoms with van der Waals surface area (Å²) in [6, 6.07) is 8.16. The number of nitrogens with zero attached hydrogens (tertiary/aromatic N) is 1. The molecule has 74 valence electrons. The average Bonchev–Trinajstić information content (AvgIpc) is 2.67. The van der Waals surface area contributed by atoms with Gasteiger partial charge in [-0.25, -0.2) is 0 Å². The second-order valence-electron chi connectivity index (χ2n) is 3.13. The molecule has 1 aromatic rings. The first kappa shape index (κ1) is 10.4. The first-order chi connectivity index (χ1) is 6.79. The van der Waals surface area contributed by atoms with Crippen molar-refractivity contribution in [3.05, 3.63) is 34.3 Å². The monoisotopic (exact) mass is 365 g/mol. The topological polar surface area (TPSA) is 21.6 Å². The fourth-order valence-corrected chi connectivity index (χ4v) is 2.06. The van der Waals surface area contributed by atoms with Crippen molar-refractivity contribution in [1.29, 1.82) is 0 Å². The van der Waals surface area contributed by atoms with Crippen molar-refractivity contribution in [2.75, 3.05) is 4.43 Å². The number of alkyl halides is 1. The molecule has 0 aliphatic carbocycles. The van der Waals surface area contributed by atoms with Gasteiger partial charge in [0.1, 0.15) is 6.10 Å². The van der Waals surface area contributed by atoms with Gasteiger partial charge in [0.15, 0.2) is 0 Å². The molecule has 0 bridgehead atoms. The molecular weight excluding hydrogens is 357 g/mol. The predicted octanol–water partition coefficient (Wildman–Crippen LogP) is 3.38. The van der Waals surface area contributed by atoms with Gasteiger partial charge in [0.25, 0.3) is 0 Å². The van der Waals surface area contributed by atoms with Crippen molar-refractivity contribution >= 4 is 44.2 Å². The van der Waals surface area contributed by atoms with E-state index in [9.17, 15) is 0 Å². The Kier molecular flexibility index (Phi) is 3.43. The highest BCUT2D eigenvalue weighted by molar-refractivity contribution is 14.1. The number of hydrogen-bond acceptors (Lipinski definition) is 2. The van der Waals surface area contributed by atoms with Crippen molar-refractivity contribution in [3.8, 4) is 0 Å². The van der Waals surface area contributed by atoms with Gasteiger partial charge in [0, 0.05) is 15.3 Å². The van der Waals surface area contributed by atoms with Crippen LogP contribution in [0.25, 0.3) is 0 Å². The van der Waals surface area contributed by atoms with Crippen LogP contribution in [0, 0.1) is 0 Å². The quantitative estimate of drug-likeness (QED) is 0.581. The van der Waals surface area contributed by atoms with Gasteiger partial charge in [-0.2, -0.15) is 0 Å². The Hall–Kier alpha value is -0.100. The Morgan fingerprint density at radius 1 is 1.43 bits per heavy atom. The minimum absolute atomic E-state index is 0.259. The van der Waals surface area contributed by atoms with Gasteiger partial charge in [-0.05, 0) is 17.7 Å². The van der Waals surface area contributed by atoms with E-state index in [1.807, 2.05) is 12.1 Å². The van der Waals surface area contributed by atoms with Crippen molar-refractivity contribution in [1.82, 2.24) is 0 Å². The molecule has 0 spiro atoms. The summed E-state index contributed by atoms with van der Waals surface area (Å²) in [6.07, 6.45) is 1.18. The molecular formula is C10H9BrINO. The van der Waals surface area contributed by atoms with Crippen LogP contribution in [0.15, 0.2) is 33.9 Å². The lowest BCUT2D eigenvalue weighted by atomic mass is 10.1. The van der Waals surface area contributed by atoms with Crippen molar-refractivity contribution in [2.24, 2.45) is 5.16 Å². The maximum Gasteiger partial charge on any atom is 0.142 e. The maximum absolute atomic E-state index is 5.27. The third-order valence-corrected chi connectivity index (χ3v) is 3.59. The highest BCUT2D eigenvalue weighted by atomic mass is 127. The molecule has 1 aromatic carbocycles. The first-order valence-corrected chi connectivity index (χ1v) is 6.66. The summed E-state index contributed by atoms with van der Waals surface area (Å²) in [5.74, 6) is 0. The Bertz CT molecular complexity index is 350. The van der Waals surface area contributed by atoms with E-state index in [4.69, 9.17) is 4.84 Å². The number of benzene rings is 1. The smallest absolute Gasteiger partial charge is 0.142 e. The number of oxime groups is 1. The minimum atomic E-state index is 0.259. The van der Waals surface area contributed by atoms with E-state index in [1.165, 1.54) is 0 Å². The molecule has 0 radical (unpaired) electrons. The van der Waals surface area contributed by atoms with Crippen molar-refractivity contribution in [2.45, 2.75) is 12.5 Å². The Balaban J connectivity index is 2.13. The number of halogens is 2. The Labute approximate surface area is 105 Å². The zero-order valence-corrected chi connectivity index (χ0v) is 11.2. The standard InChI is InChI=1S/C10H9BrINO/c11-8-3-1-7(2-4-8)10-5-9(6-12)14-13-10/h1-4,9H,5-6H2. The molecule has 0 saturated carbocycles. The molecule has 0 N–H and O–H groups in total. The van der Waals surface area contributed by atoms with Gasteiger partial charge in [0.2, 0.25) is 0 Å². The predicted molar refractivity (Wildman–Crippen MR) is 69.1 cm³/mol. The summed E-state index contributed by atoms with van der Waals surface area (Å²) in [7, 11) is 0. The summed E-state index contributed by atoms with van der Waals surface area (Å²) in [4.78, 5) is 5.27. The molecule has 1 atom stereocenters. The van der Waals surface area contributed by atoms with Gasteiger partial charge >= 0.3 is 0 Å². The van der Waals surface area contributed by atoms with E-state index in [1.54, 1.807) is 0 Å². The summed E-state index contributed by atoms with van der Waals surface area (Å²) >= 11 is 5.73. The first-order valence-electron chi connectivity index (χ1n) is 4.34. The molecule has 2 nitrogen and oxygen atoms in total. The lowest BCUT2D eigenvalue weighted by Crippen LogP contribution is -2.09. The van der Waals surface area contributed by atoms with Crippen LogP contribution in [0.3, 0.4) is 0 Å². The summed E-state index contributed by atoms with van der Waals surface area (Å²) in [5.41, 5.74) is 2.21. The van der Waals surface area contributed by atoms with E-state index in [0.29, 0.717) is 0 Å². The molecule has 2 rings (SSSR count). The van der Waals surface area contributed by atoms with E-state index < -0.39 is 0 Å². The molecule has 0 amide bonds. The van der Waals surface area contributed by atoms with Crippen LogP contribution in [0.2, 0.25) is 0 Å². The zero-order chi connectivity index (χ0) is 9.97. The summed E-state index contributed by atoms with van der Waals surface area (Å²) in [5, 5.41) is 4.08. The summed E-state index contributed by atoms with van der Waals surface area (Å²) in [6.45, 7) is 0. The van der Waals surface area contributed by atoms with Gasteiger partial charge in [-0.3, -0.25) is 0 Å². The minimum Gasteiger partial charge on any atom is -0.391 e. The SMILES string of the molecule is Brc1ccc(C2=NOC(CI)C2)cc1. The van der Waals surface area contributed by atoms with Gasteiger partial charge in [0.05, 0.1) is 5.71 Å². The number of hydrogen-bond donors (Lipinski definition) is 0. The average molecular weight is 366 g/mol. The molecule has 4 heteroatoms. The van der Waals surface area contributed by atoms with Gasteiger partial charge < -0.3 is 4.84 Å². The molecule has 1 unspecified atom stereocenters. The lowest BCUT2D eigenvalue weighted by Gasteiger charge is -2.01. The van der Waals surface area contributed by atoms with Crippen LogP contribution in [0.5, 0.6) is 0 Å². The van der Waals surface area contributed by atoms with E-state index in [2.05, 4.69) is 55.8 Å². The molecule has 1 aliphatic rings. The molecule has 14 heavy (non-hydrogen) atoms. The van der Waals surface area contributed by atoms with Crippen LogP contribution in [-0.4, -0.2) is 16.2 Å². The molecule has 0 fully saturated rings. The Morgan fingerprint density at radius 3 is 2.71 bits per heavy atom. The maximum atomic E-state index is 5.27. The fraction of sp³-hybridized carbons (Fsp3) is 0.300. The highest BCUT2D eigenvalue weighted by Crippen LogP contribution is 2.19. The van der Waals surface area contributed by atoms with Gasteiger partial charge in [-0.15, -0.1) is 0 Å². The Morgan fingerprint density at radius 2 is 2.14 bits per heavy atom. The van der Waals surface area contributed by atoms with Crippen LogP contribution >= 0.6 is 38.5 Å². The van der Waals surface area contributed by atoms with E-state index >= 15 is 0 Å². The van der Waals surface area contributed by atoms with Gasteiger partial charge in [-0.1, -0.05) is 55.8 Å². The second kappa shape index (κ2) is 4.61. The molecule has 1 heterocycles. The fourth-order valence-electron chi connectivity index (χ4n) is 1.32. The summed E-state index contributed by atoms with van der Waals surface area (Å²) < 4.78 is 2.08. The lowest BCUT2D eigenvalue weighted by molar-refractivity contribution is 0.105. The van der Waals surface area contributed by atoms with Crippen molar-refractivity contribution < 1.29 is 4.84 Å². The van der Waals surface area contributed by atoms with Crippen molar-refractivity contribution in [3.63, 3.8) is 0 Å². The van der Waals surface area contributed by atoms with Crippen LogP contribution in [-0.2, 0) is 4.84 Å². The van der Waals surface area contributed by atoms with Crippen LogP contribution in [0.4, 0.5) is 0 Å². The van der Waals surface area contributed by atoms with E-state index in [0.717, 1.165) is 26.6 Å². The second-order valence-corrected chi connectivity index (χ2v) is 4.93. The van der Waals surface area contributed by atoms with Crippen LogP contribution in [0.1, 0.15) is 12.0 Å². The largest absolute Gasteiger partial charge is 0.391 e. The third kappa shape index (κ3) is 2.28. The number of rotatable bonds is 2. The van der Waals surface area contributed by atoms with E-state index in [-0.39, 0.29) is 6.10 Å². The normalized spacial score (nSPS) is 20.4. The molecule has 0 aromatic heterocycles. The molecule has 0 saturated heterocycles. The molecule has 1 aliphatic heterocycles. The van der Waals surface area contributed by atoms with Crippen LogP contribution < -0.4 is 0 Å². The highest BCUT2D eigenvalue weighted by Gasteiger charge is 2.20. The zero-order valence-electron chi connectivity index (χ0n) is 7.41.